The number of nitrogens with one attached hydrogen (secondary N) is 1. The smallest absolute Gasteiger partial charge is 0.357 e. The predicted octanol–water partition coefficient (Wildman–Crippen LogP) is 3.23. The molecule has 3 unspecified atom stereocenters. The van der Waals surface area contributed by atoms with Gasteiger partial charge in [-0.2, -0.15) is 13.2 Å². The van der Waals surface area contributed by atoms with Gasteiger partial charge in [0.25, 0.3) is 0 Å². The molecule has 0 amide bonds. The van der Waals surface area contributed by atoms with Gasteiger partial charge in [-0.15, -0.1) is 24.0 Å². The van der Waals surface area contributed by atoms with E-state index in [1.165, 1.54) is 4.90 Å². The van der Waals surface area contributed by atoms with Gasteiger partial charge in [0.2, 0.25) is 0 Å². The molecule has 1 aromatic heterocycles. The third kappa shape index (κ3) is 7.01. The Balaban J connectivity index is 0.00000300. The van der Waals surface area contributed by atoms with E-state index in [1.807, 2.05) is 19.4 Å². The fourth-order valence-electron chi connectivity index (χ4n) is 4.20. The van der Waals surface area contributed by atoms with Crippen molar-refractivity contribution in [3.8, 4) is 0 Å². The van der Waals surface area contributed by atoms with E-state index < -0.39 is 12.7 Å². The third-order valence-electron chi connectivity index (χ3n) is 5.73. The molecule has 6 nitrogen and oxygen atoms in total. The van der Waals surface area contributed by atoms with Crippen LogP contribution in [-0.4, -0.2) is 77.3 Å². The fraction of sp³-hybridized carbons (Fsp3) is 0.789. The summed E-state index contributed by atoms with van der Waals surface area (Å²) in [6, 6.07) is 0.342. The monoisotopic (exact) mass is 528 g/mol. The van der Waals surface area contributed by atoms with Crippen molar-refractivity contribution >= 4 is 29.9 Å². The number of alkyl halides is 3. The lowest BCUT2D eigenvalue weighted by Gasteiger charge is -2.39. The summed E-state index contributed by atoms with van der Waals surface area (Å²) in [5.74, 6) is 1.61. The van der Waals surface area contributed by atoms with Crippen LogP contribution in [0.4, 0.5) is 13.2 Å². The van der Waals surface area contributed by atoms with Gasteiger partial charge in [-0.25, -0.2) is 4.98 Å². The van der Waals surface area contributed by atoms with Crippen molar-refractivity contribution in [3.05, 3.63) is 18.7 Å². The Labute approximate surface area is 188 Å². The average Bonchev–Trinajstić information content (AvgIpc) is 3.30. The number of likely N-dealkylation sites (tertiary alicyclic amines) is 2. The number of hydrogen-bond donors (Lipinski definition) is 1. The number of nitrogens with zero attached hydrogens (tertiary/aromatic N) is 5. The minimum atomic E-state index is -4.13. The van der Waals surface area contributed by atoms with Crippen molar-refractivity contribution in [3.63, 3.8) is 0 Å². The first-order valence-corrected chi connectivity index (χ1v) is 10.2. The largest absolute Gasteiger partial charge is 0.401 e. The molecule has 2 aliphatic heterocycles. The zero-order valence-electron chi connectivity index (χ0n) is 17.1. The molecular formula is C19H32F3IN6. The second-order valence-electron chi connectivity index (χ2n) is 7.99. The van der Waals surface area contributed by atoms with Crippen molar-refractivity contribution in [1.29, 1.82) is 0 Å². The van der Waals surface area contributed by atoms with Crippen LogP contribution in [0.1, 0.15) is 32.7 Å². The maximum absolute atomic E-state index is 12.6. The molecule has 3 atom stereocenters. The second kappa shape index (κ2) is 10.8. The summed E-state index contributed by atoms with van der Waals surface area (Å²) in [5, 5.41) is 3.36. The SMILES string of the molecule is CCNC(=NCC1CCN(CC(F)(F)F)C1)N1CCC(C)C(n2ccnc2)C1.I. The normalized spacial score (nSPS) is 26.4. The van der Waals surface area contributed by atoms with Crippen molar-refractivity contribution < 1.29 is 13.2 Å². The molecule has 0 saturated carbocycles. The minimum absolute atomic E-state index is 0. The van der Waals surface area contributed by atoms with Crippen molar-refractivity contribution in [2.75, 3.05) is 45.8 Å². The quantitative estimate of drug-likeness (QED) is 0.363. The summed E-state index contributed by atoms with van der Waals surface area (Å²) >= 11 is 0. The molecule has 29 heavy (non-hydrogen) atoms. The highest BCUT2D eigenvalue weighted by molar-refractivity contribution is 14.0. The number of hydrogen-bond acceptors (Lipinski definition) is 3. The van der Waals surface area contributed by atoms with Gasteiger partial charge in [-0.3, -0.25) is 9.89 Å². The molecule has 166 valence electrons. The molecule has 0 radical (unpaired) electrons. The van der Waals surface area contributed by atoms with Crippen LogP contribution in [0.3, 0.4) is 0 Å². The van der Waals surface area contributed by atoms with Gasteiger partial charge < -0.3 is 14.8 Å². The Kier molecular flexibility index (Phi) is 9.05. The Morgan fingerprint density at radius 1 is 1.24 bits per heavy atom. The Hall–Kier alpha value is -1.04. The molecule has 3 rings (SSSR count). The first-order valence-electron chi connectivity index (χ1n) is 10.2. The third-order valence-corrected chi connectivity index (χ3v) is 5.73. The highest BCUT2D eigenvalue weighted by Gasteiger charge is 2.34. The van der Waals surface area contributed by atoms with Gasteiger partial charge in [0.15, 0.2) is 5.96 Å². The number of aromatic nitrogens is 2. The molecule has 0 bridgehead atoms. The van der Waals surface area contributed by atoms with Crippen LogP contribution in [0.2, 0.25) is 0 Å². The van der Waals surface area contributed by atoms with E-state index in [2.05, 4.69) is 26.7 Å². The summed E-state index contributed by atoms with van der Waals surface area (Å²) in [5.41, 5.74) is 0. The molecule has 2 aliphatic rings. The minimum Gasteiger partial charge on any atom is -0.357 e. The molecule has 1 N–H and O–H groups in total. The number of imidazole rings is 1. The average molecular weight is 528 g/mol. The van der Waals surface area contributed by atoms with E-state index in [1.54, 1.807) is 6.20 Å². The zero-order chi connectivity index (χ0) is 20.1. The lowest BCUT2D eigenvalue weighted by Crippen LogP contribution is -2.49. The Bertz CT molecular complexity index is 636. The number of halogens is 4. The van der Waals surface area contributed by atoms with Gasteiger partial charge in [0.1, 0.15) is 0 Å². The van der Waals surface area contributed by atoms with Crippen LogP contribution in [0.15, 0.2) is 23.7 Å². The van der Waals surface area contributed by atoms with Crippen molar-refractivity contribution in [2.24, 2.45) is 16.8 Å². The van der Waals surface area contributed by atoms with Gasteiger partial charge >= 0.3 is 6.18 Å². The fourth-order valence-corrected chi connectivity index (χ4v) is 4.20. The molecule has 2 saturated heterocycles. The van der Waals surface area contributed by atoms with Crippen LogP contribution in [-0.2, 0) is 0 Å². The molecule has 3 heterocycles. The molecule has 1 aromatic rings. The number of aliphatic imine (C=N–C) groups is 1. The van der Waals surface area contributed by atoms with Crippen LogP contribution < -0.4 is 5.32 Å². The summed E-state index contributed by atoms with van der Waals surface area (Å²) < 4.78 is 39.9. The summed E-state index contributed by atoms with van der Waals surface area (Å²) in [4.78, 5) is 12.7. The van der Waals surface area contributed by atoms with E-state index >= 15 is 0 Å². The van der Waals surface area contributed by atoms with E-state index in [-0.39, 0.29) is 29.9 Å². The summed E-state index contributed by atoms with van der Waals surface area (Å²) in [7, 11) is 0. The van der Waals surface area contributed by atoms with Gasteiger partial charge in [-0.1, -0.05) is 6.92 Å². The van der Waals surface area contributed by atoms with Gasteiger partial charge in [0, 0.05) is 45.1 Å². The molecule has 10 heteroatoms. The van der Waals surface area contributed by atoms with E-state index in [9.17, 15) is 13.2 Å². The Morgan fingerprint density at radius 2 is 2.03 bits per heavy atom. The van der Waals surface area contributed by atoms with Crippen LogP contribution >= 0.6 is 24.0 Å². The van der Waals surface area contributed by atoms with Crippen LogP contribution in [0.25, 0.3) is 0 Å². The van der Waals surface area contributed by atoms with Crippen LogP contribution in [0, 0.1) is 11.8 Å². The number of piperidine rings is 1. The molecular weight excluding hydrogens is 496 g/mol. The van der Waals surface area contributed by atoms with E-state index in [4.69, 9.17) is 4.99 Å². The molecule has 2 fully saturated rings. The standard InChI is InChI=1S/C19H31F3N6.HI/c1-3-24-18(25-10-16-5-7-26(11-16)13-19(20,21)22)27-8-4-15(2)17(12-27)28-9-6-23-14-28;/h6,9,14-17H,3-5,7-8,10-13H2,1-2H3,(H,24,25);1H. The summed E-state index contributed by atoms with van der Waals surface area (Å²) in [6.45, 7) is 7.58. The lowest BCUT2D eigenvalue weighted by molar-refractivity contribution is -0.143. The molecule has 0 spiro atoms. The zero-order valence-corrected chi connectivity index (χ0v) is 19.4. The van der Waals surface area contributed by atoms with Crippen molar-refractivity contribution in [2.45, 2.75) is 38.9 Å². The Morgan fingerprint density at radius 3 is 2.69 bits per heavy atom. The van der Waals surface area contributed by atoms with E-state index in [0.29, 0.717) is 31.6 Å². The molecule has 0 aromatic carbocycles. The lowest BCUT2D eigenvalue weighted by atomic mass is 9.93. The maximum Gasteiger partial charge on any atom is 0.401 e. The topological polar surface area (TPSA) is 48.7 Å². The second-order valence-corrected chi connectivity index (χ2v) is 7.99. The van der Waals surface area contributed by atoms with Crippen LogP contribution in [0.5, 0.6) is 0 Å². The highest BCUT2D eigenvalue weighted by Crippen LogP contribution is 2.28. The van der Waals surface area contributed by atoms with Gasteiger partial charge in [-0.05, 0) is 38.1 Å². The number of rotatable bonds is 5. The first kappa shape index (κ1) is 24.2. The maximum atomic E-state index is 12.6. The number of guanidine groups is 1. The summed E-state index contributed by atoms with van der Waals surface area (Å²) in [6.07, 6.45) is 3.38. The molecule has 0 aliphatic carbocycles. The van der Waals surface area contributed by atoms with Gasteiger partial charge in [0.05, 0.1) is 18.9 Å². The first-order chi connectivity index (χ1) is 13.4. The van der Waals surface area contributed by atoms with Crippen molar-refractivity contribution in [1.82, 2.24) is 24.7 Å². The predicted molar refractivity (Wildman–Crippen MR) is 119 cm³/mol. The van der Waals surface area contributed by atoms with E-state index in [0.717, 1.165) is 38.4 Å². The highest BCUT2D eigenvalue weighted by atomic mass is 127.